The summed E-state index contributed by atoms with van der Waals surface area (Å²) < 4.78 is 0. The summed E-state index contributed by atoms with van der Waals surface area (Å²) in [5.41, 5.74) is 1.75. The molecule has 1 rings (SSSR count). The molecule has 19 heavy (non-hydrogen) atoms. The largest absolute Gasteiger partial charge is 0.351 e. The highest BCUT2D eigenvalue weighted by Gasteiger charge is 2.20. The monoisotopic (exact) mass is 282 g/mol. The van der Waals surface area contributed by atoms with E-state index in [1.54, 1.807) is 0 Å². The van der Waals surface area contributed by atoms with Gasteiger partial charge in [-0.15, -0.1) is 11.6 Å². The molecule has 0 saturated carbocycles. The van der Waals surface area contributed by atoms with Crippen LogP contribution in [0.4, 0.5) is 0 Å². The Bertz CT molecular complexity index is 413. The van der Waals surface area contributed by atoms with Crippen molar-refractivity contribution in [2.45, 2.75) is 19.7 Å². The Morgan fingerprint density at radius 3 is 2.32 bits per heavy atom. The van der Waals surface area contributed by atoms with E-state index < -0.39 is 0 Å². The summed E-state index contributed by atoms with van der Waals surface area (Å²) in [6.45, 7) is 5.87. The van der Waals surface area contributed by atoms with Gasteiger partial charge in [0.2, 0.25) is 0 Å². The van der Waals surface area contributed by atoms with Gasteiger partial charge in [-0.1, -0.05) is 26.0 Å². The van der Waals surface area contributed by atoms with Crippen molar-refractivity contribution in [3.05, 3.63) is 35.4 Å². The molecule has 0 atom stereocenters. The van der Waals surface area contributed by atoms with Gasteiger partial charge in [-0.2, -0.15) is 0 Å². The van der Waals surface area contributed by atoms with Gasteiger partial charge in [-0.3, -0.25) is 4.79 Å². The normalized spacial score (nSPS) is 11.7. The van der Waals surface area contributed by atoms with Crippen molar-refractivity contribution in [2.24, 2.45) is 5.41 Å². The fourth-order valence-electron chi connectivity index (χ4n) is 2.08. The molecule has 0 aliphatic heterocycles. The molecule has 1 amide bonds. The third kappa shape index (κ3) is 5.62. The number of hydrogen-bond acceptors (Lipinski definition) is 2. The Kier molecular flexibility index (Phi) is 5.83. The van der Waals surface area contributed by atoms with Gasteiger partial charge in [0.25, 0.3) is 5.91 Å². The van der Waals surface area contributed by atoms with Crippen molar-refractivity contribution >= 4 is 17.5 Å². The van der Waals surface area contributed by atoms with Crippen LogP contribution in [-0.4, -0.2) is 38.0 Å². The number of benzene rings is 1. The van der Waals surface area contributed by atoms with Crippen molar-refractivity contribution in [3.63, 3.8) is 0 Å². The number of halogens is 1. The number of carbonyl (C=O) groups excluding carboxylic acids is 1. The molecule has 0 heterocycles. The zero-order chi connectivity index (χ0) is 14.5. The van der Waals surface area contributed by atoms with E-state index in [1.165, 1.54) is 0 Å². The highest BCUT2D eigenvalue weighted by molar-refractivity contribution is 6.17. The van der Waals surface area contributed by atoms with Crippen LogP contribution in [0.2, 0.25) is 0 Å². The lowest BCUT2D eigenvalue weighted by Crippen LogP contribution is -2.39. The molecule has 1 N–H and O–H groups in total. The maximum atomic E-state index is 12.0. The molecule has 0 spiro atoms. The van der Waals surface area contributed by atoms with Gasteiger partial charge in [-0.25, -0.2) is 0 Å². The zero-order valence-electron chi connectivity index (χ0n) is 12.2. The minimum absolute atomic E-state index is 0.0343. The molecule has 0 aliphatic carbocycles. The maximum Gasteiger partial charge on any atom is 0.251 e. The van der Waals surface area contributed by atoms with Crippen LogP contribution >= 0.6 is 11.6 Å². The first kappa shape index (κ1) is 16.0. The molecule has 0 aromatic heterocycles. The highest BCUT2D eigenvalue weighted by atomic mass is 35.5. The van der Waals surface area contributed by atoms with E-state index >= 15 is 0 Å². The number of rotatable bonds is 6. The van der Waals surface area contributed by atoms with E-state index in [0.717, 1.165) is 12.1 Å². The lowest BCUT2D eigenvalue weighted by atomic mass is 9.93. The minimum Gasteiger partial charge on any atom is -0.351 e. The molecule has 0 radical (unpaired) electrons. The van der Waals surface area contributed by atoms with Crippen molar-refractivity contribution in [1.29, 1.82) is 0 Å². The maximum absolute atomic E-state index is 12.0. The standard InChI is InChI=1S/C15H23ClN2O/c1-15(2,11-18(3)4)10-17-14(19)13-7-5-12(9-16)6-8-13/h5-8H,9-11H2,1-4H3,(H,17,19). The summed E-state index contributed by atoms with van der Waals surface area (Å²) in [4.78, 5) is 14.1. The number of nitrogens with one attached hydrogen (secondary N) is 1. The average molecular weight is 283 g/mol. The van der Waals surface area contributed by atoms with E-state index in [2.05, 4.69) is 24.1 Å². The fraction of sp³-hybridized carbons (Fsp3) is 0.533. The van der Waals surface area contributed by atoms with Crippen molar-refractivity contribution in [1.82, 2.24) is 10.2 Å². The molecule has 0 saturated heterocycles. The van der Waals surface area contributed by atoms with Gasteiger partial charge in [0.05, 0.1) is 0 Å². The lowest BCUT2D eigenvalue weighted by Gasteiger charge is -2.28. The lowest BCUT2D eigenvalue weighted by molar-refractivity contribution is 0.0929. The van der Waals surface area contributed by atoms with E-state index in [-0.39, 0.29) is 11.3 Å². The predicted molar refractivity (Wildman–Crippen MR) is 80.7 cm³/mol. The van der Waals surface area contributed by atoms with Crippen LogP contribution in [0.15, 0.2) is 24.3 Å². The zero-order valence-corrected chi connectivity index (χ0v) is 12.9. The summed E-state index contributed by atoms with van der Waals surface area (Å²) in [7, 11) is 4.07. The molecule has 0 unspecified atom stereocenters. The Morgan fingerprint density at radius 1 is 1.26 bits per heavy atom. The van der Waals surface area contributed by atoms with Gasteiger partial charge in [0.1, 0.15) is 0 Å². The third-order valence-corrected chi connectivity index (χ3v) is 3.15. The summed E-state index contributed by atoms with van der Waals surface area (Å²) in [6, 6.07) is 7.39. The topological polar surface area (TPSA) is 32.3 Å². The summed E-state index contributed by atoms with van der Waals surface area (Å²) in [6.07, 6.45) is 0. The molecule has 0 aliphatic rings. The summed E-state index contributed by atoms with van der Waals surface area (Å²) in [5.74, 6) is 0.436. The second-order valence-corrected chi connectivity index (χ2v) is 6.18. The van der Waals surface area contributed by atoms with Crippen LogP contribution in [0.5, 0.6) is 0 Å². The second kappa shape index (κ2) is 6.92. The van der Waals surface area contributed by atoms with E-state index in [1.807, 2.05) is 38.4 Å². The van der Waals surface area contributed by atoms with Crippen LogP contribution in [0.25, 0.3) is 0 Å². The predicted octanol–water partition coefficient (Wildman–Crippen LogP) is 2.74. The van der Waals surface area contributed by atoms with Crippen LogP contribution in [0.1, 0.15) is 29.8 Å². The molecular weight excluding hydrogens is 260 g/mol. The summed E-state index contributed by atoms with van der Waals surface area (Å²) >= 11 is 5.72. The van der Waals surface area contributed by atoms with E-state index in [9.17, 15) is 4.79 Å². The Balaban J connectivity index is 2.55. The Labute approximate surface area is 120 Å². The second-order valence-electron chi connectivity index (χ2n) is 5.92. The van der Waals surface area contributed by atoms with Crippen LogP contribution in [0.3, 0.4) is 0 Å². The van der Waals surface area contributed by atoms with Crippen molar-refractivity contribution in [2.75, 3.05) is 27.2 Å². The van der Waals surface area contributed by atoms with Crippen molar-refractivity contribution in [3.8, 4) is 0 Å². The Morgan fingerprint density at radius 2 is 1.84 bits per heavy atom. The minimum atomic E-state index is -0.0343. The van der Waals surface area contributed by atoms with Gasteiger partial charge >= 0.3 is 0 Å². The molecule has 3 nitrogen and oxygen atoms in total. The average Bonchev–Trinajstić information content (AvgIpc) is 2.34. The first-order valence-electron chi connectivity index (χ1n) is 6.42. The molecule has 0 fully saturated rings. The van der Waals surface area contributed by atoms with Crippen LogP contribution in [-0.2, 0) is 5.88 Å². The molecule has 106 valence electrons. The molecule has 4 heteroatoms. The van der Waals surface area contributed by atoms with Gasteiger partial charge < -0.3 is 10.2 Å². The van der Waals surface area contributed by atoms with E-state index in [4.69, 9.17) is 11.6 Å². The fourth-order valence-corrected chi connectivity index (χ4v) is 2.26. The first-order chi connectivity index (χ1) is 8.84. The number of hydrogen-bond donors (Lipinski definition) is 1. The molecular formula is C15H23ClN2O. The SMILES string of the molecule is CN(C)CC(C)(C)CNC(=O)c1ccc(CCl)cc1. The number of amides is 1. The van der Waals surface area contributed by atoms with Crippen LogP contribution < -0.4 is 5.32 Å². The third-order valence-electron chi connectivity index (χ3n) is 2.84. The number of nitrogens with zero attached hydrogens (tertiary/aromatic N) is 1. The van der Waals surface area contributed by atoms with Gasteiger partial charge in [-0.05, 0) is 37.2 Å². The first-order valence-corrected chi connectivity index (χ1v) is 6.95. The number of carbonyl (C=O) groups is 1. The van der Waals surface area contributed by atoms with Gasteiger partial charge in [0, 0.05) is 24.5 Å². The smallest absolute Gasteiger partial charge is 0.251 e. The molecule has 1 aromatic rings. The number of alkyl halides is 1. The molecule has 0 bridgehead atoms. The van der Waals surface area contributed by atoms with Crippen LogP contribution in [0, 0.1) is 5.41 Å². The molecule has 1 aromatic carbocycles. The van der Waals surface area contributed by atoms with Gasteiger partial charge in [0.15, 0.2) is 0 Å². The quantitative estimate of drug-likeness (QED) is 0.814. The summed E-state index contributed by atoms with van der Waals surface area (Å²) in [5, 5.41) is 2.98. The van der Waals surface area contributed by atoms with Crippen molar-refractivity contribution < 1.29 is 4.79 Å². The Hall–Kier alpha value is -1.06. The van der Waals surface area contributed by atoms with E-state index in [0.29, 0.717) is 18.0 Å². The highest BCUT2D eigenvalue weighted by Crippen LogP contribution is 2.14.